The lowest BCUT2D eigenvalue weighted by atomic mass is 9.88. The minimum atomic E-state index is -3.95. The Labute approximate surface area is 139 Å². The van der Waals surface area contributed by atoms with Crippen molar-refractivity contribution in [3.05, 3.63) is 56.9 Å². The van der Waals surface area contributed by atoms with E-state index in [-0.39, 0.29) is 0 Å². The molecule has 21 heavy (non-hydrogen) atoms. The third-order valence-electron chi connectivity index (χ3n) is 3.56. The number of fused-ring (bicyclic) bond motifs is 2. The number of hydrogen-bond acceptors (Lipinski definition) is 2. The molecule has 0 atom stereocenters. The predicted octanol–water partition coefficient (Wildman–Crippen LogP) is 4.08. The lowest BCUT2D eigenvalue weighted by molar-refractivity contribution is -0.358. The number of nitrogens with zero attached hydrogens (tertiary/aromatic N) is 3. The zero-order valence-corrected chi connectivity index (χ0v) is 14.3. The highest BCUT2D eigenvalue weighted by Gasteiger charge is 2.54. The van der Waals surface area contributed by atoms with Crippen molar-refractivity contribution in [3.8, 4) is 0 Å². The second-order valence-electron chi connectivity index (χ2n) is 4.66. The molecule has 0 saturated carbocycles. The molecule has 2 aliphatic heterocycles. The minimum Gasteiger partial charge on any atom is -0.389 e. The van der Waals surface area contributed by atoms with Crippen molar-refractivity contribution >= 4 is 60.4 Å². The molecule has 0 bridgehead atoms. The van der Waals surface area contributed by atoms with Gasteiger partial charge >= 0.3 is 6.97 Å². The van der Waals surface area contributed by atoms with E-state index in [1.54, 1.807) is 29.8 Å². The van der Waals surface area contributed by atoms with E-state index in [9.17, 15) is 8.63 Å². The van der Waals surface area contributed by atoms with Crippen LogP contribution in [-0.4, -0.2) is 25.5 Å². The second-order valence-corrected chi connectivity index (χ2v) is 7.00. The third kappa shape index (κ3) is 1.74. The maximum absolute atomic E-state index is 14.9. The molecule has 0 amide bonds. The summed E-state index contributed by atoms with van der Waals surface area (Å²) in [6, 6.07) is 3.33. The molecule has 9 heteroatoms. The van der Waals surface area contributed by atoms with Crippen LogP contribution in [0, 0.1) is 0 Å². The Morgan fingerprint density at radius 2 is 2.05 bits per heavy atom. The first-order chi connectivity index (χ1) is 10.0. The summed E-state index contributed by atoms with van der Waals surface area (Å²) in [6.45, 7) is -3.95. The van der Waals surface area contributed by atoms with E-state index in [2.05, 4.69) is 36.8 Å². The van der Waals surface area contributed by atoms with Gasteiger partial charge in [0.15, 0.2) is 5.70 Å². The number of aromatic nitrogens is 2. The van der Waals surface area contributed by atoms with Gasteiger partial charge in [-0.1, -0.05) is 0 Å². The molecule has 0 N–H and O–H groups in total. The molecule has 0 unspecified atom stereocenters. The topological polar surface area (TPSA) is 20.8 Å². The molecule has 2 aromatic rings. The second kappa shape index (κ2) is 4.47. The highest BCUT2D eigenvalue weighted by atomic mass is 79.9. The highest BCUT2D eigenvalue weighted by Crippen LogP contribution is 2.41. The molecule has 4 rings (SSSR count). The largest absolute Gasteiger partial charge is 0.738 e. The normalized spacial score (nSPS) is 19.2. The molecule has 0 saturated heterocycles. The summed E-state index contributed by atoms with van der Waals surface area (Å²) in [5.74, 6) is 0. The zero-order valence-electron chi connectivity index (χ0n) is 10.3. The summed E-state index contributed by atoms with van der Waals surface area (Å²) >= 11 is 7.88. The van der Waals surface area contributed by atoms with Gasteiger partial charge in [0.2, 0.25) is 4.62 Å². The van der Waals surface area contributed by atoms with Gasteiger partial charge in [-0.15, -0.1) is 11.3 Å². The molecule has 2 aromatic heterocycles. The fourth-order valence-corrected chi connectivity index (χ4v) is 4.41. The lowest BCUT2D eigenvalue weighted by Crippen LogP contribution is -2.50. The molecule has 0 aliphatic carbocycles. The Bertz CT molecular complexity index is 852. The van der Waals surface area contributed by atoms with Crippen molar-refractivity contribution < 1.29 is 13.1 Å². The Morgan fingerprint density at radius 1 is 1.24 bits per heavy atom. The van der Waals surface area contributed by atoms with Crippen LogP contribution >= 0.6 is 43.2 Å². The Morgan fingerprint density at radius 3 is 2.76 bits per heavy atom. The predicted molar refractivity (Wildman–Crippen MR) is 87.0 cm³/mol. The average Bonchev–Trinajstić information content (AvgIpc) is 3.11. The van der Waals surface area contributed by atoms with E-state index in [1.807, 2.05) is 5.38 Å². The van der Waals surface area contributed by atoms with Gasteiger partial charge in [-0.25, -0.2) is 4.98 Å². The first-order valence-electron chi connectivity index (χ1n) is 6.04. The van der Waals surface area contributed by atoms with E-state index in [0.29, 0.717) is 31.9 Å². The quantitative estimate of drug-likeness (QED) is 0.622. The van der Waals surface area contributed by atoms with Crippen LogP contribution in [0.5, 0.6) is 0 Å². The van der Waals surface area contributed by atoms with Gasteiger partial charge in [0.25, 0.3) is 0 Å². The van der Waals surface area contributed by atoms with E-state index in [1.165, 1.54) is 11.3 Å². The smallest absolute Gasteiger partial charge is 0.389 e. The van der Waals surface area contributed by atoms with Crippen LogP contribution in [0.3, 0.4) is 0 Å². The molecule has 3 nitrogen and oxygen atoms in total. The molecular formula is C12H6BBr2F2N3S. The summed E-state index contributed by atoms with van der Waals surface area (Å²) in [5.41, 5.74) is 4.04. The average molecular weight is 433 g/mol. The zero-order chi connectivity index (χ0) is 14.8. The monoisotopic (exact) mass is 431 g/mol. The van der Waals surface area contributed by atoms with Crippen molar-refractivity contribution in [2.24, 2.45) is 0 Å². The van der Waals surface area contributed by atoms with Gasteiger partial charge in [0, 0.05) is 39.2 Å². The SMILES string of the molecule is F[B-]1(F)n2c(Br)ccc2C(c2cscn2)=C2C=CC(Br)=[N+]21. The van der Waals surface area contributed by atoms with Crippen LogP contribution in [0.2, 0.25) is 0 Å². The summed E-state index contributed by atoms with van der Waals surface area (Å²) in [5, 5.41) is 1.86. The molecule has 0 aromatic carbocycles. The first kappa shape index (κ1) is 13.6. The number of allylic oxidation sites excluding steroid dienone is 2. The highest BCUT2D eigenvalue weighted by molar-refractivity contribution is 9.18. The van der Waals surface area contributed by atoms with Crippen LogP contribution in [-0.2, 0) is 0 Å². The van der Waals surface area contributed by atoms with Crippen LogP contribution in [0.25, 0.3) is 5.57 Å². The van der Waals surface area contributed by atoms with Crippen molar-refractivity contribution in [2.75, 3.05) is 0 Å². The van der Waals surface area contributed by atoms with E-state index in [4.69, 9.17) is 0 Å². The summed E-state index contributed by atoms with van der Waals surface area (Å²) in [6.07, 6.45) is 3.33. The molecule has 4 heterocycles. The van der Waals surface area contributed by atoms with E-state index >= 15 is 0 Å². The van der Waals surface area contributed by atoms with Gasteiger partial charge in [0.05, 0.1) is 21.4 Å². The Balaban J connectivity index is 2.14. The molecule has 0 fully saturated rings. The molecule has 0 radical (unpaired) electrons. The van der Waals surface area contributed by atoms with Gasteiger partial charge in [-0.05, 0) is 28.1 Å². The fourth-order valence-electron chi connectivity index (χ4n) is 2.73. The van der Waals surface area contributed by atoms with E-state index in [0.717, 1.165) is 8.96 Å². The lowest BCUT2D eigenvalue weighted by Gasteiger charge is -2.31. The Hall–Kier alpha value is -1.06. The molecule has 106 valence electrons. The van der Waals surface area contributed by atoms with Crippen molar-refractivity contribution in [1.82, 2.24) is 9.46 Å². The third-order valence-corrected chi connectivity index (χ3v) is 5.44. The number of halogens is 4. The standard InChI is InChI=1S/C12H6BBr2F2N3S/c14-10-3-1-8-12(7-5-21-6-18-7)9-2-4-11(15)20(9)13(16,17)19(8)10/h1-6H. The van der Waals surface area contributed by atoms with Gasteiger partial charge in [-0.3, -0.25) is 0 Å². The van der Waals surface area contributed by atoms with Crippen molar-refractivity contribution in [1.29, 1.82) is 0 Å². The van der Waals surface area contributed by atoms with Gasteiger partial charge in [-0.2, -0.15) is 0 Å². The van der Waals surface area contributed by atoms with Crippen LogP contribution < -0.4 is 0 Å². The summed E-state index contributed by atoms with van der Waals surface area (Å²) in [4.78, 5) is 4.29. The first-order valence-corrected chi connectivity index (χ1v) is 8.57. The number of hydrogen-bond donors (Lipinski definition) is 0. The minimum absolute atomic E-state index is 0.349. The maximum Gasteiger partial charge on any atom is 0.738 e. The Kier molecular flexibility index (Phi) is 2.89. The van der Waals surface area contributed by atoms with Gasteiger partial charge in [0.1, 0.15) is 0 Å². The van der Waals surface area contributed by atoms with Crippen molar-refractivity contribution in [2.45, 2.75) is 0 Å². The van der Waals surface area contributed by atoms with Gasteiger partial charge < -0.3 is 17.6 Å². The van der Waals surface area contributed by atoms with Crippen LogP contribution in [0.4, 0.5) is 8.63 Å². The number of rotatable bonds is 1. The van der Waals surface area contributed by atoms with Crippen LogP contribution in [0.15, 0.2) is 45.5 Å². The number of thiazole rings is 1. The molecule has 2 aliphatic rings. The molecular weight excluding hydrogens is 427 g/mol. The molecule has 0 spiro atoms. The van der Waals surface area contributed by atoms with E-state index < -0.39 is 6.97 Å². The summed E-state index contributed by atoms with van der Waals surface area (Å²) < 4.78 is 32.5. The van der Waals surface area contributed by atoms with Crippen LogP contribution in [0.1, 0.15) is 11.4 Å². The fraction of sp³-hybridized carbons (Fsp3) is 0. The summed E-state index contributed by atoms with van der Waals surface area (Å²) in [7, 11) is 0. The maximum atomic E-state index is 14.9. The van der Waals surface area contributed by atoms with Crippen molar-refractivity contribution in [3.63, 3.8) is 0 Å².